The molecule has 0 spiro atoms. The second-order valence-corrected chi connectivity index (χ2v) is 11.5. The van der Waals surface area contributed by atoms with Crippen molar-refractivity contribution >= 4 is 0 Å². The van der Waals surface area contributed by atoms with Gasteiger partial charge >= 0.3 is 0 Å². The molecule has 3 aromatic rings. The Hall–Kier alpha value is -1.90. The smallest absolute Gasteiger partial charge is 0.160 e. The molecule has 32 heavy (non-hydrogen) atoms. The van der Waals surface area contributed by atoms with E-state index in [4.69, 9.17) is 4.98 Å². The molecule has 0 saturated carbocycles. The summed E-state index contributed by atoms with van der Waals surface area (Å²) in [5.41, 5.74) is 7.16. The van der Waals surface area contributed by atoms with Crippen molar-refractivity contribution in [1.82, 2.24) is 15.0 Å². The zero-order chi connectivity index (χ0) is 22.8. The molecule has 2 heterocycles. The van der Waals surface area contributed by atoms with Crippen molar-refractivity contribution in [2.45, 2.75) is 78.6 Å². The number of pyridine rings is 1. The molecular weight excluding hydrogens is 571 g/mol. The SMILES string of the molecule is CC(C)(C)c1cnc(-c2ccc(-c3[c-]cc4c(c3)C(C)(C)C(C)(C)C4(C)C)nc2)nc1.[Ir]. The van der Waals surface area contributed by atoms with Gasteiger partial charge in [0.2, 0.25) is 0 Å². The van der Waals surface area contributed by atoms with Gasteiger partial charge < -0.3 is 4.98 Å². The topological polar surface area (TPSA) is 38.7 Å². The van der Waals surface area contributed by atoms with E-state index in [1.165, 1.54) is 11.1 Å². The Balaban J connectivity index is 0.00000289. The van der Waals surface area contributed by atoms with Crippen LogP contribution in [-0.4, -0.2) is 15.0 Å². The van der Waals surface area contributed by atoms with Gasteiger partial charge in [-0.15, -0.1) is 34.9 Å². The molecule has 1 radical (unpaired) electrons. The molecular formula is C28H34IrN3-. The Morgan fingerprint density at radius 2 is 1.38 bits per heavy atom. The normalized spacial score (nSPS) is 18.0. The second-order valence-electron chi connectivity index (χ2n) is 11.5. The van der Waals surface area contributed by atoms with Crippen LogP contribution in [0, 0.1) is 11.5 Å². The van der Waals surface area contributed by atoms with Gasteiger partial charge in [-0.3, -0.25) is 0 Å². The zero-order valence-corrected chi connectivity index (χ0v) is 23.1. The van der Waals surface area contributed by atoms with Crippen LogP contribution in [0.2, 0.25) is 0 Å². The van der Waals surface area contributed by atoms with Crippen LogP contribution in [0.4, 0.5) is 0 Å². The van der Waals surface area contributed by atoms with Gasteiger partial charge in [-0.25, -0.2) is 9.97 Å². The third-order valence-corrected chi connectivity index (χ3v) is 8.24. The van der Waals surface area contributed by atoms with Crippen LogP contribution in [0.1, 0.15) is 79.0 Å². The molecule has 4 heteroatoms. The average Bonchev–Trinajstić information content (AvgIpc) is 2.82. The van der Waals surface area contributed by atoms with Crippen molar-refractivity contribution in [1.29, 1.82) is 0 Å². The maximum atomic E-state index is 4.73. The maximum Gasteiger partial charge on any atom is 0.160 e. The standard InChI is InChI=1S/C28H34N3.Ir/c1-25(2,3)20-16-30-24(31-17-20)19-11-13-23(29-15-19)18-10-12-21-22(14-18)27(6,7)28(8,9)26(21,4)5;/h11-17H,1-9H3;/q-1;. The number of fused-ring (bicyclic) bond motifs is 1. The van der Waals surface area contributed by atoms with Crippen molar-refractivity contribution in [3.8, 4) is 22.6 Å². The van der Waals surface area contributed by atoms with Crippen molar-refractivity contribution in [2.24, 2.45) is 5.41 Å². The monoisotopic (exact) mass is 605 g/mol. The molecule has 0 fully saturated rings. The molecule has 0 aliphatic heterocycles. The van der Waals surface area contributed by atoms with Gasteiger partial charge in [-0.1, -0.05) is 74.4 Å². The second kappa shape index (κ2) is 7.85. The summed E-state index contributed by atoms with van der Waals surface area (Å²) in [5, 5.41) is 0. The van der Waals surface area contributed by atoms with E-state index in [1.54, 1.807) is 0 Å². The molecule has 2 aromatic heterocycles. The first-order chi connectivity index (χ1) is 14.3. The molecule has 0 unspecified atom stereocenters. The van der Waals surface area contributed by atoms with Crippen LogP contribution in [0.25, 0.3) is 22.6 Å². The Morgan fingerprint density at radius 1 is 0.781 bits per heavy atom. The van der Waals surface area contributed by atoms with Gasteiger partial charge in [0.15, 0.2) is 5.82 Å². The Labute approximate surface area is 206 Å². The van der Waals surface area contributed by atoms with Crippen molar-refractivity contribution < 1.29 is 20.1 Å². The summed E-state index contributed by atoms with van der Waals surface area (Å²) in [6, 6.07) is 12.1. The van der Waals surface area contributed by atoms with E-state index in [2.05, 4.69) is 96.5 Å². The van der Waals surface area contributed by atoms with Crippen molar-refractivity contribution in [3.63, 3.8) is 0 Å². The summed E-state index contributed by atoms with van der Waals surface area (Å²) < 4.78 is 0. The predicted molar refractivity (Wildman–Crippen MR) is 128 cm³/mol. The van der Waals surface area contributed by atoms with E-state index < -0.39 is 0 Å². The third kappa shape index (κ3) is 3.66. The summed E-state index contributed by atoms with van der Waals surface area (Å²) in [7, 11) is 0. The molecule has 0 atom stereocenters. The summed E-state index contributed by atoms with van der Waals surface area (Å²) in [5.74, 6) is 0.703. The number of hydrogen-bond donors (Lipinski definition) is 0. The number of rotatable bonds is 2. The molecule has 3 nitrogen and oxygen atoms in total. The van der Waals surface area contributed by atoms with Gasteiger partial charge in [0.05, 0.1) is 0 Å². The Morgan fingerprint density at radius 3 is 1.91 bits per heavy atom. The van der Waals surface area contributed by atoms with Gasteiger partial charge in [0, 0.05) is 44.3 Å². The molecule has 1 aliphatic rings. The van der Waals surface area contributed by atoms with Crippen LogP contribution in [0.15, 0.2) is 42.9 Å². The molecule has 171 valence electrons. The molecule has 0 bridgehead atoms. The van der Waals surface area contributed by atoms with Crippen molar-refractivity contribution in [3.05, 3.63) is 65.6 Å². The quantitative estimate of drug-likeness (QED) is 0.299. The molecule has 0 N–H and O–H groups in total. The fourth-order valence-electron chi connectivity index (χ4n) is 4.68. The molecule has 0 saturated heterocycles. The van der Waals surface area contributed by atoms with Gasteiger partial charge in [-0.05, 0) is 32.9 Å². The Bertz CT molecular complexity index is 1120. The van der Waals surface area contributed by atoms with Crippen LogP contribution in [-0.2, 0) is 36.4 Å². The Kier molecular flexibility index (Phi) is 6.07. The largest absolute Gasteiger partial charge is 0.304 e. The zero-order valence-electron chi connectivity index (χ0n) is 20.7. The summed E-state index contributed by atoms with van der Waals surface area (Å²) >= 11 is 0. The van der Waals surface area contributed by atoms with Crippen molar-refractivity contribution in [2.75, 3.05) is 0 Å². The average molecular weight is 605 g/mol. The van der Waals surface area contributed by atoms with E-state index >= 15 is 0 Å². The molecule has 1 aliphatic carbocycles. The van der Waals surface area contributed by atoms with E-state index in [9.17, 15) is 0 Å². The fourth-order valence-corrected chi connectivity index (χ4v) is 4.68. The van der Waals surface area contributed by atoms with Crippen LogP contribution < -0.4 is 0 Å². The first-order valence-corrected chi connectivity index (χ1v) is 11.1. The van der Waals surface area contributed by atoms with E-state index in [1.807, 2.05) is 24.7 Å². The fraction of sp³-hybridized carbons (Fsp3) is 0.464. The van der Waals surface area contributed by atoms with Crippen LogP contribution >= 0.6 is 0 Å². The van der Waals surface area contributed by atoms with E-state index in [0.29, 0.717) is 5.82 Å². The predicted octanol–water partition coefficient (Wildman–Crippen LogP) is 6.90. The minimum atomic E-state index is 0. The number of aromatic nitrogens is 3. The summed E-state index contributed by atoms with van der Waals surface area (Å²) in [4.78, 5) is 13.8. The molecule has 1 aromatic carbocycles. The molecule has 0 amide bonds. The van der Waals surface area contributed by atoms with Crippen LogP contribution in [0.5, 0.6) is 0 Å². The van der Waals surface area contributed by atoms with E-state index in [0.717, 1.165) is 22.4 Å². The molecule has 4 rings (SSSR count). The summed E-state index contributed by atoms with van der Waals surface area (Å²) in [6.45, 7) is 20.7. The first kappa shape index (κ1) is 24.7. The number of benzene rings is 1. The number of hydrogen-bond acceptors (Lipinski definition) is 3. The van der Waals surface area contributed by atoms with Gasteiger partial charge in [-0.2, -0.15) is 0 Å². The first-order valence-electron chi connectivity index (χ1n) is 11.1. The number of nitrogens with zero attached hydrogens (tertiary/aromatic N) is 3. The van der Waals surface area contributed by atoms with Crippen LogP contribution in [0.3, 0.4) is 0 Å². The minimum Gasteiger partial charge on any atom is -0.304 e. The van der Waals surface area contributed by atoms with E-state index in [-0.39, 0.29) is 41.8 Å². The third-order valence-electron chi connectivity index (χ3n) is 8.24. The summed E-state index contributed by atoms with van der Waals surface area (Å²) in [6.07, 6.45) is 5.69. The maximum absolute atomic E-state index is 4.73. The van der Waals surface area contributed by atoms with Gasteiger partial charge in [0.1, 0.15) is 0 Å². The van der Waals surface area contributed by atoms with Gasteiger partial charge in [0.25, 0.3) is 0 Å². The minimum absolute atomic E-state index is 0.